The molecule has 128 valence electrons. The summed E-state index contributed by atoms with van der Waals surface area (Å²) in [7, 11) is 0. The molecule has 0 spiro atoms. The lowest BCUT2D eigenvalue weighted by atomic mass is 9.85. The van der Waals surface area contributed by atoms with E-state index in [1.165, 1.54) is 0 Å². The Kier molecular flexibility index (Phi) is 4.63. The number of benzene rings is 2. The molecular weight excluding hydrogens is 314 g/mol. The average molecular weight is 335 g/mol. The van der Waals surface area contributed by atoms with Crippen molar-refractivity contribution in [1.29, 1.82) is 0 Å². The molecule has 2 aliphatic rings. The molecule has 4 rings (SSSR count). The van der Waals surface area contributed by atoms with E-state index in [2.05, 4.69) is 17.4 Å². The zero-order valence-corrected chi connectivity index (χ0v) is 14.0. The largest absolute Gasteiger partial charge is 0.464 e. The van der Waals surface area contributed by atoms with Gasteiger partial charge in [-0.3, -0.25) is 0 Å². The van der Waals surface area contributed by atoms with Crippen LogP contribution >= 0.6 is 0 Å². The Balaban J connectivity index is 1.62. The number of carbonyl (C=O) groups is 1. The lowest BCUT2D eigenvalue weighted by molar-refractivity contribution is -0.108. The van der Waals surface area contributed by atoms with Crippen LogP contribution in [0.1, 0.15) is 22.6 Å². The van der Waals surface area contributed by atoms with Crippen molar-refractivity contribution in [1.82, 2.24) is 5.32 Å². The molecule has 4 heteroatoms. The Morgan fingerprint density at radius 1 is 1.16 bits per heavy atom. The molecule has 0 aliphatic carbocycles. The van der Waals surface area contributed by atoms with Gasteiger partial charge >= 0.3 is 0 Å². The molecule has 2 aliphatic heterocycles. The predicted molar refractivity (Wildman–Crippen MR) is 96.6 cm³/mol. The van der Waals surface area contributed by atoms with Gasteiger partial charge in [-0.25, -0.2) is 0 Å². The molecule has 0 amide bonds. The standard InChI is InChI=1S/C21H21NO3/c23-13-19-18-11-15(10-17-12-22-8-9-24-17)6-7-21(18)25-14-20(19)16-4-2-1-3-5-16/h1-7,11,13-14,17,19,22H,8-10,12H2. The summed E-state index contributed by atoms with van der Waals surface area (Å²) in [6.45, 7) is 2.52. The van der Waals surface area contributed by atoms with E-state index >= 15 is 0 Å². The molecule has 0 radical (unpaired) electrons. The first-order valence-corrected chi connectivity index (χ1v) is 8.68. The molecule has 0 aromatic heterocycles. The third-order valence-corrected chi connectivity index (χ3v) is 4.77. The molecule has 2 heterocycles. The molecule has 4 nitrogen and oxygen atoms in total. The van der Waals surface area contributed by atoms with Crippen LogP contribution in [0.15, 0.2) is 54.8 Å². The molecule has 1 N–H and O–H groups in total. The van der Waals surface area contributed by atoms with Crippen LogP contribution < -0.4 is 10.1 Å². The molecule has 2 unspecified atom stereocenters. The molecule has 25 heavy (non-hydrogen) atoms. The second-order valence-corrected chi connectivity index (χ2v) is 6.44. The number of ether oxygens (including phenoxy) is 2. The van der Waals surface area contributed by atoms with Gasteiger partial charge in [0.15, 0.2) is 0 Å². The van der Waals surface area contributed by atoms with Gasteiger partial charge in [-0.15, -0.1) is 0 Å². The fourth-order valence-electron chi connectivity index (χ4n) is 3.48. The van der Waals surface area contributed by atoms with Gasteiger partial charge in [-0.1, -0.05) is 42.5 Å². The van der Waals surface area contributed by atoms with Crippen molar-refractivity contribution in [2.75, 3.05) is 19.7 Å². The van der Waals surface area contributed by atoms with E-state index in [-0.39, 0.29) is 12.0 Å². The first-order chi connectivity index (χ1) is 12.3. The van der Waals surface area contributed by atoms with E-state index in [0.717, 1.165) is 60.4 Å². The van der Waals surface area contributed by atoms with Crippen molar-refractivity contribution in [3.8, 4) is 5.75 Å². The minimum atomic E-state index is -0.309. The first kappa shape index (κ1) is 16.1. The third kappa shape index (κ3) is 3.36. The van der Waals surface area contributed by atoms with Gasteiger partial charge in [0.1, 0.15) is 12.0 Å². The molecule has 0 saturated carbocycles. The van der Waals surface area contributed by atoms with Gasteiger partial charge in [0.05, 0.1) is 24.9 Å². The summed E-state index contributed by atoms with van der Waals surface area (Å²) in [4.78, 5) is 11.9. The van der Waals surface area contributed by atoms with Crippen LogP contribution in [0.2, 0.25) is 0 Å². The number of carbonyl (C=O) groups excluding carboxylic acids is 1. The number of hydrogen-bond acceptors (Lipinski definition) is 4. The van der Waals surface area contributed by atoms with Crippen molar-refractivity contribution in [2.24, 2.45) is 0 Å². The Bertz CT molecular complexity index is 779. The number of hydrogen-bond donors (Lipinski definition) is 1. The van der Waals surface area contributed by atoms with Gasteiger partial charge in [0.25, 0.3) is 0 Å². The Morgan fingerprint density at radius 3 is 2.80 bits per heavy atom. The highest BCUT2D eigenvalue weighted by molar-refractivity contribution is 5.88. The fourth-order valence-corrected chi connectivity index (χ4v) is 3.48. The molecule has 2 aromatic carbocycles. The number of fused-ring (bicyclic) bond motifs is 1. The minimum absolute atomic E-state index is 0.176. The van der Waals surface area contributed by atoms with Gasteiger partial charge in [0, 0.05) is 24.2 Å². The highest BCUT2D eigenvalue weighted by Crippen LogP contribution is 2.40. The number of nitrogens with one attached hydrogen (secondary N) is 1. The zero-order valence-electron chi connectivity index (χ0n) is 14.0. The molecule has 0 bridgehead atoms. The molecule has 2 atom stereocenters. The summed E-state index contributed by atoms with van der Waals surface area (Å²) in [6, 6.07) is 16.0. The van der Waals surface area contributed by atoms with E-state index < -0.39 is 0 Å². The number of rotatable bonds is 4. The monoisotopic (exact) mass is 335 g/mol. The van der Waals surface area contributed by atoms with Crippen molar-refractivity contribution >= 4 is 11.9 Å². The number of allylic oxidation sites excluding steroid dienone is 1. The van der Waals surface area contributed by atoms with E-state index in [9.17, 15) is 4.79 Å². The summed E-state index contributed by atoms with van der Waals surface area (Å²) in [5.74, 6) is 0.444. The summed E-state index contributed by atoms with van der Waals surface area (Å²) < 4.78 is 11.6. The van der Waals surface area contributed by atoms with E-state index in [1.807, 2.05) is 36.4 Å². The van der Waals surface area contributed by atoms with Gasteiger partial charge < -0.3 is 19.6 Å². The number of morpholine rings is 1. The van der Waals surface area contributed by atoms with E-state index in [0.29, 0.717) is 0 Å². The van der Waals surface area contributed by atoms with Crippen molar-refractivity contribution in [3.05, 3.63) is 71.5 Å². The Morgan fingerprint density at radius 2 is 2.04 bits per heavy atom. The second kappa shape index (κ2) is 7.21. The zero-order chi connectivity index (χ0) is 17.1. The Hall–Kier alpha value is -2.43. The van der Waals surface area contributed by atoms with Crippen LogP contribution in [-0.2, 0) is 16.0 Å². The summed E-state index contributed by atoms with van der Waals surface area (Å²) in [6.07, 6.45) is 3.71. The Labute approximate surface area is 147 Å². The lowest BCUT2D eigenvalue weighted by Crippen LogP contribution is -2.39. The lowest BCUT2D eigenvalue weighted by Gasteiger charge is -2.26. The fraction of sp³-hybridized carbons (Fsp3) is 0.286. The van der Waals surface area contributed by atoms with E-state index in [1.54, 1.807) is 6.26 Å². The number of aldehydes is 1. The highest BCUT2D eigenvalue weighted by atomic mass is 16.5. The maximum Gasteiger partial charge on any atom is 0.132 e. The molecule has 1 fully saturated rings. The normalized spacial score (nSPS) is 22.5. The summed E-state index contributed by atoms with van der Waals surface area (Å²) in [5.41, 5.74) is 4.00. The van der Waals surface area contributed by atoms with Crippen LogP contribution in [0.5, 0.6) is 5.75 Å². The van der Waals surface area contributed by atoms with Crippen molar-refractivity contribution in [2.45, 2.75) is 18.4 Å². The van der Waals surface area contributed by atoms with Crippen LogP contribution in [0.3, 0.4) is 0 Å². The summed E-state index contributed by atoms with van der Waals surface area (Å²) in [5, 5.41) is 3.35. The van der Waals surface area contributed by atoms with Gasteiger partial charge in [-0.2, -0.15) is 0 Å². The minimum Gasteiger partial charge on any atom is -0.464 e. The van der Waals surface area contributed by atoms with Gasteiger partial charge in [0.2, 0.25) is 0 Å². The van der Waals surface area contributed by atoms with Crippen LogP contribution in [0, 0.1) is 0 Å². The topological polar surface area (TPSA) is 47.6 Å². The third-order valence-electron chi connectivity index (χ3n) is 4.77. The van der Waals surface area contributed by atoms with Gasteiger partial charge in [-0.05, 0) is 23.6 Å². The smallest absolute Gasteiger partial charge is 0.132 e. The molecule has 2 aromatic rings. The summed E-state index contributed by atoms with van der Waals surface area (Å²) >= 11 is 0. The average Bonchev–Trinajstić information content (AvgIpc) is 2.68. The maximum absolute atomic E-state index is 11.9. The van der Waals surface area contributed by atoms with E-state index in [4.69, 9.17) is 9.47 Å². The van der Waals surface area contributed by atoms with Crippen molar-refractivity contribution in [3.63, 3.8) is 0 Å². The van der Waals surface area contributed by atoms with Crippen LogP contribution in [0.4, 0.5) is 0 Å². The predicted octanol–water partition coefficient (Wildman–Crippen LogP) is 2.93. The maximum atomic E-state index is 11.9. The van der Waals surface area contributed by atoms with Crippen LogP contribution in [0.25, 0.3) is 5.57 Å². The SMILES string of the molecule is O=CC1C(c2ccccc2)=COc2ccc(CC3CNCCO3)cc21. The quantitative estimate of drug-likeness (QED) is 0.873. The van der Waals surface area contributed by atoms with Crippen LogP contribution in [-0.4, -0.2) is 32.1 Å². The van der Waals surface area contributed by atoms with Crippen molar-refractivity contribution < 1.29 is 14.3 Å². The highest BCUT2D eigenvalue weighted by Gasteiger charge is 2.26. The first-order valence-electron chi connectivity index (χ1n) is 8.68. The molecule has 1 saturated heterocycles. The second-order valence-electron chi connectivity index (χ2n) is 6.44. The molecular formula is C21H21NO3.